The zero-order chi connectivity index (χ0) is 20.7. The fraction of sp³-hybridized carbons (Fsp3) is 0.684. The number of likely N-dealkylation sites (tertiary alicyclic amines) is 1. The number of nitrogens with zero attached hydrogens (tertiary/aromatic N) is 2. The molecule has 0 saturated carbocycles. The van der Waals surface area contributed by atoms with Crippen LogP contribution in [-0.2, 0) is 21.0 Å². The van der Waals surface area contributed by atoms with Crippen LogP contribution in [0.2, 0.25) is 0 Å². The Bertz CT molecular complexity index is 792. The molecule has 1 aromatic heterocycles. The van der Waals surface area contributed by atoms with E-state index in [1.807, 2.05) is 12.1 Å². The first-order valence-corrected chi connectivity index (χ1v) is 12.0. The highest BCUT2D eigenvalue weighted by atomic mass is 127. The van der Waals surface area contributed by atoms with Gasteiger partial charge in [0.1, 0.15) is 5.76 Å². The van der Waals surface area contributed by atoms with Crippen molar-refractivity contribution in [3.8, 4) is 0 Å². The number of amides is 1. The quantitative estimate of drug-likeness (QED) is 0.313. The number of nitrogens with one attached hydrogen (secondary N) is 2. The lowest BCUT2D eigenvalue weighted by molar-refractivity contribution is 0.0963. The van der Waals surface area contributed by atoms with Gasteiger partial charge in [-0.1, -0.05) is 0 Å². The number of halogens is 1. The van der Waals surface area contributed by atoms with Crippen LogP contribution in [0.15, 0.2) is 27.8 Å². The van der Waals surface area contributed by atoms with E-state index in [9.17, 15) is 13.2 Å². The predicted molar refractivity (Wildman–Crippen MR) is 125 cm³/mol. The molecule has 2 saturated heterocycles. The van der Waals surface area contributed by atoms with Crippen molar-refractivity contribution in [3.63, 3.8) is 0 Å². The van der Waals surface area contributed by atoms with Crippen molar-refractivity contribution < 1.29 is 22.4 Å². The molecule has 1 amide bonds. The summed E-state index contributed by atoms with van der Waals surface area (Å²) in [6.45, 7) is 3.94. The molecule has 1 aromatic rings. The summed E-state index contributed by atoms with van der Waals surface area (Å²) in [5.41, 5.74) is 0. The highest BCUT2D eigenvalue weighted by Gasteiger charge is 2.29. The Morgan fingerprint density at radius 1 is 1.27 bits per heavy atom. The summed E-state index contributed by atoms with van der Waals surface area (Å²) in [7, 11) is -2.97. The van der Waals surface area contributed by atoms with Crippen molar-refractivity contribution in [2.75, 3.05) is 37.7 Å². The van der Waals surface area contributed by atoms with Crippen LogP contribution in [-0.4, -0.2) is 75.2 Å². The van der Waals surface area contributed by atoms with Gasteiger partial charge in [-0.2, -0.15) is 0 Å². The van der Waals surface area contributed by atoms with Gasteiger partial charge in [-0.05, 0) is 38.3 Å². The summed E-state index contributed by atoms with van der Waals surface area (Å²) < 4.78 is 33.9. The van der Waals surface area contributed by atoms with E-state index < -0.39 is 9.84 Å². The lowest BCUT2D eigenvalue weighted by Gasteiger charge is -2.32. The van der Waals surface area contributed by atoms with Gasteiger partial charge in [-0.15, -0.1) is 24.0 Å². The van der Waals surface area contributed by atoms with Gasteiger partial charge in [-0.25, -0.2) is 13.2 Å². The minimum atomic E-state index is -2.97. The van der Waals surface area contributed by atoms with Gasteiger partial charge in [0.15, 0.2) is 15.8 Å². The van der Waals surface area contributed by atoms with E-state index in [2.05, 4.69) is 15.6 Å². The molecule has 2 aliphatic heterocycles. The molecule has 170 valence electrons. The minimum absolute atomic E-state index is 0. The number of hydrogen-bond donors (Lipinski definition) is 2. The minimum Gasteiger partial charge on any atom is -0.469 e. The molecule has 0 aromatic carbocycles. The molecular weight excluding hydrogens is 523 g/mol. The van der Waals surface area contributed by atoms with Crippen LogP contribution in [0, 0.1) is 0 Å². The monoisotopic (exact) mass is 554 g/mol. The van der Waals surface area contributed by atoms with Crippen molar-refractivity contribution in [3.05, 3.63) is 24.2 Å². The highest BCUT2D eigenvalue weighted by Crippen LogP contribution is 2.13. The van der Waals surface area contributed by atoms with Gasteiger partial charge in [-0.3, -0.25) is 4.99 Å². The largest absolute Gasteiger partial charge is 0.469 e. The number of guanidine groups is 1. The van der Waals surface area contributed by atoms with Crippen LogP contribution in [0.4, 0.5) is 4.79 Å². The van der Waals surface area contributed by atoms with E-state index in [4.69, 9.17) is 9.15 Å². The first kappa shape index (κ1) is 24.8. The number of hydrogen-bond acceptors (Lipinski definition) is 6. The molecule has 0 radical (unpaired) electrons. The first-order chi connectivity index (χ1) is 13.9. The zero-order valence-electron chi connectivity index (χ0n) is 17.2. The first-order valence-electron chi connectivity index (χ1n) is 10.2. The van der Waals surface area contributed by atoms with Crippen LogP contribution in [0.5, 0.6) is 0 Å². The molecule has 0 aliphatic carbocycles. The summed E-state index contributed by atoms with van der Waals surface area (Å²) >= 11 is 0. The molecular formula is C19H31IN4O5S. The third-order valence-corrected chi connectivity index (χ3v) is 6.91. The van der Waals surface area contributed by atoms with Crippen molar-refractivity contribution in [1.82, 2.24) is 15.5 Å². The maximum Gasteiger partial charge on any atom is 0.409 e. The van der Waals surface area contributed by atoms with Gasteiger partial charge in [0.25, 0.3) is 0 Å². The summed E-state index contributed by atoms with van der Waals surface area (Å²) in [6, 6.07) is 3.78. The van der Waals surface area contributed by atoms with Crippen LogP contribution in [0.3, 0.4) is 0 Å². The summed E-state index contributed by atoms with van der Waals surface area (Å²) in [6.07, 6.45) is 4.18. The molecule has 2 N–H and O–H groups in total. The summed E-state index contributed by atoms with van der Waals surface area (Å²) in [4.78, 5) is 18.2. The number of piperidine rings is 1. The lowest BCUT2D eigenvalue weighted by atomic mass is 10.1. The van der Waals surface area contributed by atoms with E-state index in [1.165, 1.54) is 0 Å². The Morgan fingerprint density at radius 2 is 2.00 bits per heavy atom. The Kier molecular flexibility index (Phi) is 9.72. The second-order valence-electron chi connectivity index (χ2n) is 7.41. The number of rotatable bonds is 6. The normalized spacial score (nSPS) is 21.7. The number of carbonyl (C=O) groups is 1. The highest BCUT2D eigenvalue weighted by molar-refractivity contribution is 14.0. The molecule has 1 unspecified atom stereocenters. The number of carbonyl (C=O) groups excluding carboxylic acids is 1. The average molecular weight is 554 g/mol. The van der Waals surface area contributed by atoms with Crippen LogP contribution >= 0.6 is 24.0 Å². The van der Waals surface area contributed by atoms with Crippen LogP contribution < -0.4 is 10.6 Å². The molecule has 2 fully saturated rings. The third-order valence-electron chi connectivity index (χ3n) is 5.14. The fourth-order valence-electron chi connectivity index (χ4n) is 3.58. The summed E-state index contributed by atoms with van der Waals surface area (Å²) in [5, 5.41) is 6.69. The molecule has 11 heteroatoms. The smallest absolute Gasteiger partial charge is 0.409 e. The van der Waals surface area contributed by atoms with Crippen molar-refractivity contribution in [1.29, 1.82) is 0 Å². The Hall–Kier alpha value is -1.50. The van der Waals surface area contributed by atoms with E-state index in [0.29, 0.717) is 45.0 Å². The molecule has 0 spiro atoms. The van der Waals surface area contributed by atoms with E-state index in [-0.39, 0.29) is 53.7 Å². The van der Waals surface area contributed by atoms with Crippen LogP contribution in [0.1, 0.15) is 31.9 Å². The van der Waals surface area contributed by atoms with Gasteiger partial charge >= 0.3 is 6.09 Å². The maximum absolute atomic E-state index is 11.9. The second kappa shape index (κ2) is 11.8. The summed E-state index contributed by atoms with van der Waals surface area (Å²) in [5.74, 6) is 1.82. The molecule has 0 bridgehead atoms. The number of sulfone groups is 1. The third kappa shape index (κ3) is 7.64. The van der Waals surface area contributed by atoms with E-state index >= 15 is 0 Å². The molecule has 3 rings (SSSR count). The molecule has 9 nitrogen and oxygen atoms in total. The predicted octanol–water partition coefficient (Wildman–Crippen LogP) is 1.78. The van der Waals surface area contributed by atoms with Crippen molar-refractivity contribution in [2.45, 2.75) is 44.7 Å². The maximum atomic E-state index is 11.9. The lowest BCUT2D eigenvalue weighted by Crippen LogP contribution is -2.52. The number of ether oxygens (including phenoxy) is 1. The molecule has 2 aliphatic rings. The SMILES string of the molecule is CCOC(=O)N1CCC(NC(=NCCc2ccco2)NC2CCS(=O)(=O)C2)CC1.I. The number of aliphatic imine (C=N–C) groups is 1. The van der Waals surface area contributed by atoms with Gasteiger partial charge < -0.3 is 24.7 Å². The topological polar surface area (TPSA) is 113 Å². The second-order valence-corrected chi connectivity index (χ2v) is 9.64. The number of furan rings is 1. The fourth-order valence-corrected chi connectivity index (χ4v) is 5.26. The molecule has 1 atom stereocenters. The van der Waals surface area contributed by atoms with E-state index in [0.717, 1.165) is 18.6 Å². The van der Waals surface area contributed by atoms with Gasteiger partial charge in [0, 0.05) is 38.1 Å². The Morgan fingerprint density at radius 3 is 2.60 bits per heavy atom. The van der Waals surface area contributed by atoms with Crippen molar-refractivity contribution >= 4 is 45.9 Å². The van der Waals surface area contributed by atoms with Gasteiger partial charge in [0.2, 0.25) is 0 Å². The Balaban J connectivity index is 0.00000320. The van der Waals surface area contributed by atoms with Crippen molar-refractivity contribution in [2.24, 2.45) is 4.99 Å². The molecule has 30 heavy (non-hydrogen) atoms. The van der Waals surface area contributed by atoms with Crippen LogP contribution in [0.25, 0.3) is 0 Å². The zero-order valence-corrected chi connectivity index (χ0v) is 20.4. The van der Waals surface area contributed by atoms with E-state index in [1.54, 1.807) is 18.1 Å². The standard InChI is InChI=1S/C19H30N4O5S.HI/c1-2-27-19(24)23-10-6-15(7-11-23)21-18(20-9-5-17-4-3-12-28-17)22-16-8-13-29(25,26)14-16;/h3-4,12,15-16H,2,5-11,13-14H2,1H3,(H2,20,21,22);1H. The van der Waals surface area contributed by atoms with Gasteiger partial charge in [0.05, 0.1) is 24.4 Å². The Labute approximate surface area is 194 Å². The average Bonchev–Trinajstić information content (AvgIpc) is 3.32. The molecule has 3 heterocycles.